The van der Waals surface area contributed by atoms with E-state index in [1.54, 1.807) is 11.2 Å². The van der Waals surface area contributed by atoms with Gasteiger partial charge in [0.25, 0.3) is 0 Å². The van der Waals surface area contributed by atoms with E-state index in [2.05, 4.69) is 15.3 Å². The molecule has 0 saturated carbocycles. The van der Waals surface area contributed by atoms with E-state index in [1.807, 2.05) is 18.2 Å². The number of benzene rings is 1. The predicted octanol–water partition coefficient (Wildman–Crippen LogP) is 1.43. The molecular formula is C12H14N4O2. The van der Waals surface area contributed by atoms with Crippen LogP contribution in [0.4, 0.5) is 10.5 Å². The maximum atomic E-state index is 12.0. The number of hydrogen-bond donors (Lipinski definition) is 2. The molecule has 94 valence electrons. The van der Waals surface area contributed by atoms with Crippen LogP contribution in [0.2, 0.25) is 0 Å². The molecule has 0 unspecified atom stereocenters. The van der Waals surface area contributed by atoms with Gasteiger partial charge in [-0.2, -0.15) is 0 Å². The van der Waals surface area contributed by atoms with Gasteiger partial charge in [0.15, 0.2) is 0 Å². The summed E-state index contributed by atoms with van der Waals surface area (Å²) in [4.78, 5) is 20.9. The molecule has 1 aliphatic heterocycles. The molecule has 0 aliphatic carbocycles. The van der Waals surface area contributed by atoms with Crippen molar-refractivity contribution in [1.82, 2.24) is 14.9 Å². The Kier molecular flexibility index (Phi) is 2.85. The summed E-state index contributed by atoms with van der Waals surface area (Å²) < 4.78 is 5.21. The van der Waals surface area contributed by atoms with E-state index in [0.717, 1.165) is 16.7 Å². The zero-order chi connectivity index (χ0) is 12.4. The van der Waals surface area contributed by atoms with Gasteiger partial charge in [0.2, 0.25) is 0 Å². The lowest BCUT2D eigenvalue weighted by atomic mass is 10.3. The maximum absolute atomic E-state index is 12.0. The van der Waals surface area contributed by atoms with E-state index in [-0.39, 0.29) is 6.03 Å². The first-order chi connectivity index (χ1) is 8.83. The average Bonchev–Trinajstić information content (AvgIpc) is 2.87. The number of imidazole rings is 1. The lowest BCUT2D eigenvalue weighted by molar-refractivity contribution is 0.0564. The third-order valence-electron chi connectivity index (χ3n) is 2.97. The van der Waals surface area contributed by atoms with Crippen LogP contribution in [0.25, 0.3) is 11.0 Å². The Bertz CT molecular complexity index is 560. The Morgan fingerprint density at radius 2 is 2.22 bits per heavy atom. The van der Waals surface area contributed by atoms with Gasteiger partial charge >= 0.3 is 6.03 Å². The monoisotopic (exact) mass is 246 g/mol. The Morgan fingerprint density at radius 3 is 3.06 bits per heavy atom. The second kappa shape index (κ2) is 4.66. The van der Waals surface area contributed by atoms with Gasteiger partial charge in [-0.1, -0.05) is 0 Å². The van der Waals surface area contributed by atoms with Gasteiger partial charge in [0.05, 0.1) is 30.6 Å². The first-order valence-electron chi connectivity index (χ1n) is 5.90. The van der Waals surface area contributed by atoms with Crippen molar-refractivity contribution in [3.63, 3.8) is 0 Å². The minimum Gasteiger partial charge on any atom is -0.378 e. The summed E-state index contributed by atoms with van der Waals surface area (Å²) in [5.74, 6) is 0. The fraction of sp³-hybridized carbons (Fsp3) is 0.333. The van der Waals surface area contributed by atoms with Gasteiger partial charge in [0, 0.05) is 18.8 Å². The van der Waals surface area contributed by atoms with Gasteiger partial charge in [-0.25, -0.2) is 9.78 Å². The lowest BCUT2D eigenvalue weighted by Crippen LogP contribution is -2.43. The standard InChI is InChI=1S/C12H14N4O2/c17-12(16-3-5-18-6-4-16)15-9-1-2-10-11(7-9)14-8-13-10/h1-2,7-8H,3-6H2,(H,13,14)(H,15,17). The topological polar surface area (TPSA) is 70.2 Å². The number of ether oxygens (including phenoxy) is 1. The first-order valence-corrected chi connectivity index (χ1v) is 5.90. The molecule has 0 radical (unpaired) electrons. The number of H-pyrrole nitrogens is 1. The Hall–Kier alpha value is -2.08. The summed E-state index contributed by atoms with van der Waals surface area (Å²) >= 11 is 0. The van der Waals surface area contributed by atoms with Crippen LogP contribution in [-0.4, -0.2) is 47.2 Å². The van der Waals surface area contributed by atoms with Crippen molar-refractivity contribution in [3.05, 3.63) is 24.5 Å². The average molecular weight is 246 g/mol. The van der Waals surface area contributed by atoms with Crippen LogP contribution in [0.5, 0.6) is 0 Å². The third-order valence-corrected chi connectivity index (χ3v) is 2.97. The number of anilines is 1. The van der Waals surface area contributed by atoms with E-state index >= 15 is 0 Å². The Labute approximate surface area is 104 Å². The van der Waals surface area contributed by atoms with Crippen LogP contribution in [0.3, 0.4) is 0 Å². The van der Waals surface area contributed by atoms with E-state index in [4.69, 9.17) is 4.74 Å². The second-order valence-corrected chi connectivity index (χ2v) is 4.16. The predicted molar refractivity (Wildman–Crippen MR) is 67.5 cm³/mol. The minimum absolute atomic E-state index is 0.0860. The zero-order valence-electron chi connectivity index (χ0n) is 9.85. The maximum Gasteiger partial charge on any atom is 0.322 e. The van der Waals surface area contributed by atoms with Crippen LogP contribution in [0.15, 0.2) is 24.5 Å². The second-order valence-electron chi connectivity index (χ2n) is 4.16. The summed E-state index contributed by atoms with van der Waals surface area (Å²) in [5.41, 5.74) is 2.57. The van der Waals surface area contributed by atoms with Crippen molar-refractivity contribution < 1.29 is 9.53 Å². The van der Waals surface area contributed by atoms with Crippen molar-refractivity contribution in [1.29, 1.82) is 0 Å². The largest absolute Gasteiger partial charge is 0.378 e. The quantitative estimate of drug-likeness (QED) is 0.799. The van der Waals surface area contributed by atoms with Crippen LogP contribution < -0.4 is 5.32 Å². The number of aromatic amines is 1. The first kappa shape index (κ1) is 11.0. The highest BCUT2D eigenvalue weighted by Crippen LogP contribution is 2.16. The molecule has 0 spiro atoms. The number of carbonyl (C=O) groups excluding carboxylic acids is 1. The van der Waals surface area contributed by atoms with Crippen LogP contribution in [0, 0.1) is 0 Å². The van der Waals surface area contributed by atoms with Crippen molar-refractivity contribution in [3.8, 4) is 0 Å². The summed E-state index contributed by atoms with van der Waals surface area (Å²) in [7, 11) is 0. The summed E-state index contributed by atoms with van der Waals surface area (Å²) in [6.07, 6.45) is 1.64. The molecule has 1 fully saturated rings. The summed E-state index contributed by atoms with van der Waals surface area (Å²) in [6, 6.07) is 5.51. The molecule has 6 nitrogen and oxygen atoms in total. The number of fused-ring (bicyclic) bond motifs is 1. The molecule has 3 rings (SSSR count). The molecule has 1 aromatic heterocycles. The smallest absolute Gasteiger partial charge is 0.322 e. The minimum atomic E-state index is -0.0860. The fourth-order valence-corrected chi connectivity index (χ4v) is 1.98. The number of amides is 2. The van der Waals surface area contributed by atoms with Gasteiger partial charge in [0.1, 0.15) is 0 Å². The number of rotatable bonds is 1. The molecular weight excluding hydrogens is 232 g/mol. The molecule has 1 saturated heterocycles. The van der Waals surface area contributed by atoms with Crippen molar-refractivity contribution in [2.45, 2.75) is 0 Å². The van der Waals surface area contributed by atoms with Crippen molar-refractivity contribution in [2.75, 3.05) is 31.6 Å². The molecule has 1 aliphatic rings. The summed E-state index contributed by atoms with van der Waals surface area (Å²) in [5, 5.41) is 2.88. The lowest BCUT2D eigenvalue weighted by Gasteiger charge is -2.26. The SMILES string of the molecule is O=C(Nc1ccc2nc[nH]c2c1)N1CCOCC1. The van der Waals surface area contributed by atoms with Crippen molar-refractivity contribution in [2.24, 2.45) is 0 Å². The number of nitrogens with one attached hydrogen (secondary N) is 2. The van der Waals surface area contributed by atoms with E-state index in [1.165, 1.54) is 0 Å². The molecule has 2 aromatic rings. The molecule has 2 N–H and O–H groups in total. The number of hydrogen-bond acceptors (Lipinski definition) is 3. The van der Waals surface area contributed by atoms with Crippen molar-refractivity contribution >= 4 is 22.8 Å². The highest BCUT2D eigenvalue weighted by atomic mass is 16.5. The Balaban J connectivity index is 1.72. The number of carbonyl (C=O) groups is 1. The van der Waals surface area contributed by atoms with Gasteiger partial charge in [-0.05, 0) is 18.2 Å². The molecule has 2 amide bonds. The van der Waals surface area contributed by atoms with E-state index in [9.17, 15) is 4.79 Å². The van der Waals surface area contributed by atoms with Gasteiger partial charge < -0.3 is 19.9 Å². The summed E-state index contributed by atoms with van der Waals surface area (Å²) in [6.45, 7) is 2.48. The van der Waals surface area contributed by atoms with Crippen LogP contribution in [0.1, 0.15) is 0 Å². The molecule has 0 bridgehead atoms. The van der Waals surface area contributed by atoms with E-state index in [0.29, 0.717) is 26.3 Å². The Morgan fingerprint density at radius 1 is 1.39 bits per heavy atom. The molecule has 1 aromatic carbocycles. The highest BCUT2D eigenvalue weighted by Gasteiger charge is 2.16. The third kappa shape index (κ3) is 2.14. The number of urea groups is 1. The van der Waals surface area contributed by atoms with Gasteiger partial charge in [-0.3, -0.25) is 0 Å². The molecule has 6 heteroatoms. The zero-order valence-corrected chi connectivity index (χ0v) is 9.85. The van der Waals surface area contributed by atoms with Crippen LogP contribution >= 0.6 is 0 Å². The van der Waals surface area contributed by atoms with Crippen LogP contribution in [-0.2, 0) is 4.74 Å². The normalized spacial score (nSPS) is 15.9. The van der Waals surface area contributed by atoms with E-state index < -0.39 is 0 Å². The molecule has 18 heavy (non-hydrogen) atoms. The fourth-order valence-electron chi connectivity index (χ4n) is 1.98. The number of aromatic nitrogens is 2. The highest BCUT2D eigenvalue weighted by molar-refractivity contribution is 5.91. The molecule has 0 atom stereocenters. The number of morpholine rings is 1. The number of nitrogens with zero attached hydrogens (tertiary/aromatic N) is 2. The molecule has 2 heterocycles. The van der Waals surface area contributed by atoms with Gasteiger partial charge in [-0.15, -0.1) is 0 Å².